The van der Waals surface area contributed by atoms with Crippen molar-refractivity contribution in [3.8, 4) is 0 Å². The van der Waals surface area contributed by atoms with Crippen molar-refractivity contribution in [2.24, 2.45) is 0 Å². The molecule has 7 nitrogen and oxygen atoms in total. The molecule has 0 aliphatic carbocycles. The number of nitrogens with one attached hydrogen (secondary N) is 1. The number of furan rings is 3. The molecule has 3 heterocycles. The lowest BCUT2D eigenvalue weighted by Gasteiger charge is -2.21. The third-order valence-electron chi connectivity index (χ3n) is 4.13. The molecule has 0 radical (unpaired) electrons. The summed E-state index contributed by atoms with van der Waals surface area (Å²) >= 11 is 0. The van der Waals surface area contributed by atoms with Crippen LogP contribution in [0.2, 0.25) is 0 Å². The molecule has 3 aromatic heterocycles. The number of nitrogens with zero attached hydrogens (tertiary/aromatic N) is 1. The highest BCUT2D eigenvalue weighted by atomic mass is 16.3. The third-order valence-corrected chi connectivity index (χ3v) is 4.13. The molecule has 0 saturated carbocycles. The van der Waals surface area contributed by atoms with E-state index >= 15 is 0 Å². The van der Waals surface area contributed by atoms with Gasteiger partial charge in [0.05, 0.1) is 31.2 Å². The van der Waals surface area contributed by atoms with Gasteiger partial charge in [-0.15, -0.1) is 0 Å². The van der Waals surface area contributed by atoms with E-state index in [1.165, 1.54) is 0 Å². The summed E-state index contributed by atoms with van der Waals surface area (Å²) in [6, 6.07) is 8.83. The van der Waals surface area contributed by atoms with Crippen molar-refractivity contribution in [2.45, 2.75) is 33.4 Å². The quantitative estimate of drug-likeness (QED) is 0.656. The largest absolute Gasteiger partial charge is 0.467 e. The maximum Gasteiger partial charge on any atom is 0.257 e. The number of hydrogen-bond acceptors (Lipinski definition) is 5. The molecule has 0 aliphatic heterocycles. The van der Waals surface area contributed by atoms with Crippen LogP contribution in [-0.2, 0) is 17.9 Å². The predicted octanol–water partition coefficient (Wildman–Crippen LogP) is 3.43. The van der Waals surface area contributed by atoms with Crippen molar-refractivity contribution < 1.29 is 22.8 Å². The molecule has 0 unspecified atom stereocenters. The monoisotopic (exact) mass is 370 g/mol. The summed E-state index contributed by atoms with van der Waals surface area (Å²) in [5.74, 6) is 2.20. The van der Waals surface area contributed by atoms with Crippen molar-refractivity contribution in [1.29, 1.82) is 0 Å². The number of rotatable bonds is 8. The molecule has 27 heavy (non-hydrogen) atoms. The summed E-state index contributed by atoms with van der Waals surface area (Å²) in [5, 5.41) is 2.78. The smallest absolute Gasteiger partial charge is 0.257 e. The molecule has 0 aromatic carbocycles. The van der Waals surface area contributed by atoms with Crippen LogP contribution in [0.3, 0.4) is 0 Å². The van der Waals surface area contributed by atoms with Crippen LogP contribution >= 0.6 is 0 Å². The van der Waals surface area contributed by atoms with Gasteiger partial charge in [0.15, 0.2) is 0 Å². The van der Waals surface area contributed by atoms with Gasteiger partial charge in [0.2, 0.25) is 5.91 Å². The Kier molecular flexibility index (Phi) is 5.80. The summed E-state index contributed by atoms with van der Waals surface area (Å²) in [6.45, 7) is 4.40. The molecule has 3 rings (SSSR count). The minimum atomic E-state index is -0.195. The van der Waals surface area contributed by atoms with Crippen molar-refractivity contribution in [1.82, 2.24) is 10.2 Å². The third kappa shape index (κ3) is 4.91. The summed E-state index contributed by atoms with van der Waals surface area (Å²) in [5.41, 5.74) is 0.495. The minimum absolute atomic E-state index is 0.163. The van der Waals surface area contributed by atoms with E-state index in [1.807, 2.05) is 0 Å². The highest BCUT2D eigenvalue weighted by molar-refractivity contribution is 5.95. The van der Waals surface area contributed by atoms with Gasteiger partial charge in [-0.3, -0.25) is 9.59 Å². The lowest BCUT2D eigenvalue weighted by molar-refractivity contribution is -0.121. The van der Waals surface area contributed by atoms with Crippen molar-refractivity contribution in [3.05, 3.63) is 71.5 Å². The molecule has 0 atom stereocenters. The number of carbonyl (C=O) groups is 2. The Labute approximate surface area is 156 Å². The summed E-state index contributed by atoms with van der Waals surface area (Å²) < 4.78 is 16.0. The highest BCUT2D eigenvalue weighted by Gasteiger charge is 2.22. The van der Waals surface area contributed by atoms with Crippen LogP contribution in [0.4, 0.5) is 0 Å². The molecule has 1 N–H and O–H groups in total. The number of hydrogen-bond donors (Lipinski definition) is 1. The number of amides is 2. The van der Waals surface area contributed by atoms with E-state index in [0.717, 1.165) is 0 Å². The first-order valence-electron chi connectivity index (χ1n) is 8.70. The maximum atomic E-state index is 12.9. The summed E-state index contributed by atoms with van der Waals surface area (Å²) in [6.07, 6.45) is 3.28. The standard InChI is InChI=1S/C20H22N2O5/c1-14-11-18(15(2)27-14)20(24)22(13-17-6-4-10-26-17)8-7-19(23)21-12-16-5-3-9-25-16/h3-6,9-11H,7-8,12-13H2,1-2H3,(H,21,23). The Bertz CT molecular complexity index is 878. The molecule has 0 aliphatic rings. The first kappa shape index (κ1) is 18.6. The van der Waals surface area contributed by atoms with E-state index in [0.29, 0.717) is 35.1 Å². The average Bonchev–Trinajstić information content (AvgIpc) is 3.39. The SMILES string of the molecule is Cc1cc(C(=O)N(CCC(=O)NCc2ccco2)Cc2ccco2)c(C)o1. The van der Waals surface area contributed by atoms with E-state index < -0.39 is 0 Å². The van der Waals surface area contributed by atoms with Crippen LogP contribution in [0.5, 0.6) is 0 Å². The van der Waals surface area contributed by atoms with Crippen molar-refractivity contribution in [2.75, 3.05) is 6.54 Å². The zero-order valence-electron chi connectivity index (χ0n) is 15.4. The van der Waals surface area contributed by atoms with Crippen LogP contribution in [0.25, 0.3) is 0 Å². The fourth-order valence-electron chi connectivity index (χ4n) is 2.78. The van der Waals surface area contributed by atoms with Gasteiger partial charge < -0.3 is 23.5 Å². The van der Waals surface area contributed by atoms with Gasteiger partial charge >= 0.3 is 0 Å². The number of carbonyl (C=O) groups excluding carboxylic acids is 2. The average molecular weight is 370 g/mol. The van der Waals surface area contributed by atoms with Gasteiger partial charge in [-0.25, -0.2) is 0 Å². The maximum absolute atomic E-state index is 12.9. The van der Waals surface area contributed by atoms with Gasteiger partial charge in [0, 0.05) is 13.0 Å². The molecule has 142 valence electrons. The molecule has 3 aromatic rings. The Hall–Kier alpha value is -3.22. The lowest BCUT2D eigenvalue weighted by Crippen LogP contribution is -2.34. The first-order chi connectivity index (χ1) is 13.0. The summed E-state index contributed by atoms with van der Waals surface area (Å²) in [4.78, 5) is 26.7. The second-order valence-corrected chi connectivity index (χ2v) is 6.24. The zero-order chi connectivity index (χ0) is 19.2. The Morgan fingerprint density at radius 1 is 1.07 bits per heavy atom. The molecular weight excluding hydrogens is 348 g/mol. The van der Waals surface area contributed by atoms with Gasteiger partial charge in [-0.05, 0) is 44.2 Å². The van der Waals surface area contributed by atoms with E-state index in [1.54, 1.807) is 61.6 Å². The van der Waals surface area contributed by atoms with E-state index in [4.69, 9.17) is 13.3 Å². The minimum Gasteiger partial charge on any atom is -0.467 e. The van der Waals surface area contributed by atoms with Crippen molar-refractivity contribution >= 4 is 11.8 Å². The van der Waals surface area contributed by atoms with Gasteiger partial charge in [-0.2, -0.15) is 0 Å². The Morgan fingerprint density at radius 2 is 1.78 bits per heavy atom. The van der Waals surface area contributed by atoms with Gasteiger partial charge in [-0.1, -0.05) is 0 Å². The van der Waals surface area contributed by atoms with Crippen LogP contribution < -0.4 is 5.32 Å². The molecule has 2 amide bonds. The topological polar surface area (TPSA) is 88.8 Å². The second-order valence-electron chi connectivity index (χ2n) is 6.24. The van der Waals surface area contributed by atoms with E-state index in [-0.39, 0.29) is 31.3 Å². The molecule has 0 spiro atoms. The predicted molar refractivity (Wildman–Crippen MR) is 96.8 cm³/mol. The molecule has 0 fully saturated rings. The molecule has 7 heteroatoms. The summed E-state index contributed by atoms with van der Waals surface area (Å²) in [7, 11) is 0. The molecule has 0 bridgehead atoms. The van der Waals surface area contributed by atoms with Crippen LogP contribution in [0.15, 0.2) is 56.1 Å². The fourth-order valence-corrected chi connectivity index (χ4v) is 2.78. The van der Waals surface area contributed by atoms with Crippen molar-refractivity contribution in [3.63, 3.8) is 0 Å². The highest BCUT2D eigenvalue weighted by Crippen LogP contribution is 2.18. The van der Waals surface area contributed by atoms with Gasteiger partial charge in [0.25, 0.3) is 5.91 Å². The first-order valence-corrected chi connectivity index (χ1v) is 8.70. The number of aryl methyl sites for hydroxylation is 2. The van der Waals surface area contributed by atoms with E-state index in [2.05, 4.69) is 5.32 Å². The molecule has 0 saturated heterocycles. The van der Waals surface area contributed by atoms with E-state index in [9.17, 15) is 9.59 Å². The van der Waals surface area contributed by atoms with Crippen LogP contribution in [-0.4, -0.2) is 23.3 Å². The fraction of sp³-hybridized carbons (Fsp3) is 0.300. The normalized spacial score (nSPS) is 10.7. The Morgan fingerprint density at radius 3 is 2.37 bits per heavy atom. The van der Waals surface area contributed by atoms with Crippen LogP contribution in [0, 0.1) is 13.8 Å². The molecular formula is C20H22N2O5. The van der Waals surface area contributed by atoms with Crippen LogP contribution in [0.1, 0.15) is 39.8 Å². The Balaban J connectivity index is 1.63. The lowest BCUT2D eigenvalue weighted by atomic mass is 10.2. The zero-order valence-corrected chi connectivity index (χ0v) is 15.4. The van der Waals surface area contributed by atoms with Gasteiger partial charge in [0.1, 0.15) is 23.0 Å². The second kappa shape index (κ2) is 8.44.